The Morgan fingerprint density at radius 2 is 2.03 bits per heavy atom. The number of carbonyl (C=O) groups excluding carboxylic acids is 1. The molecule has 0 bridgehead atoms. The lowest BCUT2D eigenvalue weighted by Gasteiger charge is -2.36. The van der Waals surface area contributed by atoms with Gasteiger partial charge in [-0.05, 0) is 41.8 Å². The van der Waals surface area contributed by atoms with Crippen molar-refractivity contribution in [2.24, 2.45) is 7.05 Å². The van der Waals surface area contributed by atoms with Crippen LogP contribution in [0.3, 0.4) is 0 Å². The van der Waals surface area contributed by atoms with Crippen molar-refractivity contribution in [3.8, 4) is 22.0 Å². The zero-order valence-corrected chi connectivity index (χ0v) is 16.3. The molecule has 1 aliphatic rings. The average Bonchev–Trinajstić information content (AvgIpc) is 3.41. The molecule has 1 amide bonds. The molecule has 1 aromatic carbocycles. The van der Waals surface area contributed by atoms with Crippen LogP contribution in [-0.4, -0.2) is 43.8 Å². The molecule has 0 saturated carbocycles. The Morgan fingerprint density at radius 1 is 1.24 bits per heavy atom. The average molecular weight is 409 g/mol. The minimum Gasteiger partial charge on any atom is -0.339 e. The van der Waals surface area contributed by atoms with E-state index in [1.807, 2.05) is 17.5 Å². The molecule has 1 fully saturated rings. The number of amides is 1. The molecule has 4 aromatic rings. The van der Waals surface area contributed by atoms with E-state index in [-0.39, 0.29) is 17.6 Å². The lowest BCUT2D eigenvalue weighted by atomic mass is 9.99. The normalized spacial score (nSPS) is 14.2. The van der Waals surface area contributed by atoms with Crippen molar-refractivity contribution < 1.29 is 13.7 Å². The number of aromatic nitrogens is 4. The molecule has 0 radical (unpaired) electrons. The number of rotatable bonds is 4. The Kier molecular flexibility index (Phi) is 4.24. The van der Waals surface area contributed by atoms with E-state index in [9.17, 15) is 9.18 Å². The van der Waals surface area contributed by atoms with Gasteiger partial charge in [0.05, 0.1) is 16.5 Å². The number of aryl methyl sites for hydroxylation is 1. The summed E-state index contributed by atoms with van der Waals surface area (Å²) in [6, 6.07) is 11.6. The van der Waals surface area contributed by atoms with E-state index in [0.717, 1.165) is 10.4 Å². The number of halogens is 1. The number of thiophene rings is 1. The van der Waals surface area contributed by atoms with Crippen LogP contribution in [0.2, 0.25) is 0 Å². The molecule has 146 valence electrons. The van der Waals surface area contributed by atoms with Gasteiger partial charge in [-0.2, -0.15) is 10.1 Å². The van der Waals surface area contributed by atoms with Crippen molar-refractivity contribution in [1.29, 1.82) is 0 Å². The maximum absolute atomic E-state index is 13.1. The van der Waals surface area contributed by atoms with E-state index < -0.39 is 0 Å². The standard InChI is InChI=1S/C20H16FN5O2S/c1-25-16(9-15(23-25)12-4-6-14(21)7-5-12)20(27)26-10-13(11-26)19-22-18(24-28-19)17-3-2-8-29-17/h2-9,13H,10-11H2,1H3. The largest absolute Gasteiger partial charge is 0.339 e. The van der Waals surface area contributed by atoms with Gasteiger partial charge in [-0.1, -0.05) is 11.2 Å². The number of hydrogen-bond acceptors (Lipinski definition) is 6. The fraction of sp³-hybridized carbons (Fsp3) is 0.200. The highest BCUT2D eigenvalue weighted by molar-refractivity contribution is 7.13. The maximum atomic E-state index is 13.1. The van der Waals surface area contributed by atoms with Crippen LogP contribution in [-0.2, 0) is 7.05 Å². The molecule has 0 atom stereocenters. The van der Waals surface area contributed by atoms with Gasteiger partial charge in [-0.25, -0.2) is 4.39 Å². The van der Waals surface area contributed by atoms with Crippen LogP contribution in [0.5, 0.6) is 0 Å². The third-order valence-electron chi connectivity index (χ3n) is 4.94. The zero-order valence-electron chi connectivity index (χ0n) is 15.4. The molecular formula is C20H16FN5O2S. The second-order valence-electron chi connectivity index (χ2n) is 6.89. The first-order valence-corrected chi connectivity index (χ1v) is 9.93. The summed E-state index contributed by atoms with van der Waals surface area (Å²) >= 11 is 1.55. The Labute approximate surface area is 169 Å². The molecule has 0 unspecified atom stereocenters. The number of carbonyl (C=O) groups is 1. The van der Waals surface area contributed by atoms with Gasteiger partial charge in [0.2, 0.25) is 11.7 Å². The second-order valence-corrected chi connectivity index (χ2v) is 7.83. The molecule has 7 nitrogen and oxygen atoms in total. The minimum absolute atomic E-state index is 0.0324. The molecule has 29 heavy (non-hydrogen) atoms. The number of nitrogens with zero attached hydrogens (tertiary/aromatic N) is 5. The summed E-state index contributed by atoms with van der Waals surface area (Å²) < 4.78 is 20.1. The van der Waals surface area contributed by atoms with E-state index in [4.69, 9.17) is 4.52 Å². The highest BCUT2D eigenvalue weighted by Gasteiger charge is 2.37. The fourth-order valence-corrected chi connectivity index (χ4v) is 3.95. The second kappa shape index (κ2) is 6.93. The summed E-state index contributed by atoms with van der Waals surface area (Å²) in [5.41, 5.74) is 1.87. The highest BCUT2D eigenvalue weighted by atomic mass is 32.1. The van der Waals surface area contributed by atoms with E-state index >= 15 is 0 Å². The van der Waals surface area contributed by atoms with Gasteiger partial charge in [0.25, 0.3) is 5.91 Å². The summed E-state index contributed by atoms with van der Waals surface area (Å²) in [5, 5.41) is 10.4. The predicted octanol–water partition coefficient (Wildman–Crippen LogP) is 3.58. The van der Waals surface area contributed by atoms with E-state index in [0.29, 0.717) is 36.2 Å². The number of likely N-dealkylation sites (tertiary alicyclic amines) is 1. The van der Waals surface area contributed by atoms with Crippen molar-refractivity contribution in [3.05, 3.63) is 65.2 Å². The summed E-state index contributed by atoms with van der Waals surface area (Å²) in [7, 11) is 1.73. The van der Waals surface area contributed by atoms with Crippen molar-refractivity contribution in [1.82, 2.24) is 24.8 Å². The molecular weight excluding hydrogens is 393 g/mol. The number of benzene rings is 1. The van der Waals surface area contributed by atoms with Crippen LogP contribution >= 0.6 is 11.3 Å². The monoisotopic (exact) mass is 409 g/mol. The van der Waals surface area contributed by atoms with Crippen molar-refractivity contribution >= 4 is 17.2 Å². The molecule has 9 heteroatoms. The van der Waals surface area contributed by atoms with Gasteiger partial charge in [-0.3, -0.25) is 9.48 Å². The van der Waals surface area contributed by atoms with Crippen LogP contribution in [0.15, 0.2) is 52.4 Å². The summed E-state index contributed by atoms with van der Waals surface area (Å²) in [6.45, 7) is 1.03. The molecule has 5 rings (SSSR count). The summed E-state index contributed by atoms with van der Waals surface area (Å²) in [4.78, 5) is 20.0. The summed E-state index contributed by atoms with van der Waals surface area (Å²) in [5.74, 6) is 0.744. The van der Waals surface area contributed by atoms with Gasteiger partial charge in [0, 0.05) is 25.7 Å². The SMILES string of the molecule is Cn1nc(-c2ccc(F)cc2)cc1C(=O)N1CC(c2nc(-c3cccs3)no2)C1. The Balaban J connectivity index is 1.28. The first-order valence-electron chi connectivity index (χ1n) is 9.05. The van der Waals surface area contributed by atoms with Gasteiger partial charge >= 0.3 is 0 Å². The smallest absolute Gasteiger partial charge is 0.272 e. The maximum Gasteiger partial charge on any atom is 0.272 e. The lowest BCUT2D eigenvalue weighted by Crippen LogP contribution is -2.49. The lowest BCUT2D eigenvalue weighted by molar-refractivity contribution is 0.0558. The van der Waals surface area contributed by atoms with E-state index in [2.05, 4.69) is 15.2 Å². The van der Waals surface area contributed by atoms with Gasteiger partial charge < -0.3 is 9.42 Å². The molecule has 1 saturated heterocycles. The van der Waals surface area contributed by atoms with Crippen LogP contribution < -0.4 is 0 Å². The molecule has 1 aliphatic heterocycles. The van der Waals surface area contributed by atoms with Crippen molar-refractivity contribution in [3.63, 3.8) is 0 Å². The highest BCUT2D eigenvalue weighted by Crippen LogP contribution is 2.30. The van der Waals surface area contributed by atoms with Crippen molar-refractivity contribution in [2.75, 3.05) is 13.1 Å². The van der Waals surface area contributed by atoms with Gasteiger partial charge in [0.15, 0.2) is 0 Å². The summed E-state index contributed by atoms with van der Waals surface area (Å²) in [6.07, 6.45) is 0. The Morgan fingerprint density at radius 3 is 2.76 bits per heavy atom. The van der Waals surface area contributed by atoms with Crippen LogP contribution in [0, 0.1) is 5.82 Å². The molecule has 4 heterocycles. The third-order valence-corrected chi connectivity index (χ3v) is 5.81. The van der Waals surface area contributed by atoms with E-state index in [1.165, 1.54) is 12.1 Å². The fourth-order valence-electron chi connectivity index (χ4n) is 3.30. The first kappa shape index (κ1) is 17.7. The van der Waals surface area contributed by atoms with E-state index in [1.54, 1.807) is 46.2 Å². The first-order chi connectivity index (χ1) is 14.1. The predicted molar refractivity (Wildman–Crippen MR) is 105 cm³/mol. The van der Waals surface area contributed by atoms with Gasteiger partial charge in [0.1, 0.15) is 11.5 Å². The van der Waals surface area contributed by atoms with Crippen LogP contribution in [0.4, 0.5) is 4.39 Å². The zero-order chi connectivity index (χ0) is 20.0. The molecule has 3 aromatic heterocycles. The number of hydrogen-bond donors (Lipinski definition) is 0. The molecule has 0 aliphatic carbocycles. The molecule has 0 spiro atoms. The van der Waals surface area contributed by atoms with Crippen LogP contribution in [0.1, 0.15) is 22.3 Å². The van der Waals surface area contributed by atoms with Gasteiger partial charge in [-0.15, -0.1) is 11.3 Å². The Hall–Kier alpha value is -3.33. The molecule has 0 N–H and O–H groups in total. The van der Waals surface area contributed by atoms with Crippen LogP contribution in [0.25, 0.3) is 22.0 Å². The van der Waals surface area contributed by atoms with Crippen molar-refractivity contribution in [2.45, 2.75) is 5.92 Å². The quantitative estimate of drug-likeness (QED) is 0.515. The topological polar surface area (TPSA) is 77.1 Å². The minimum atomic E-state index is -0.309. The third kappa shape index (κ3) is 3.23. The Bertz CT molecular complexity index is 1160.